The molecule has 26 heavy (non-hydrogen) atoms. The first-order chi connectivity index (χ1) is 12.7. The third kappa shape index (κ3) is 3.83. The number of benzene rings is 1. The average molecular weight is 358 g/mol. The molecule has 2 N–H and O–H groups in total. The molecule has 7 heteroatoms. The molecule has 1 aliphatic heterocycles. The number of nitrogen functional groups attached to an aromatic ring is 1. The maximum atomic E-state index is 5.98. The highest BCUT2D eigenvalue weighted by Gasteiger charge is 2.22. The Bertz CT molecular complexity index is 748. The van der Waals surface area contributed by atoms with Crippen molar-refractivity contribution in [2.24, 2.45) is 0 Å². The standard InChI is InChI=1S/C19H26N4O3/c1-4-23(11-13-6-5-7-16(24-2)18(13)25-3)17-10-15(21-19(20)22-17)14-8-9-26-12-14/h5-7,10,14H,4,8-9,11-12H2,1-3H3,(H2,20,21,22)/t14-/m1/s1. The van der Waals surface area contributed by atoms with Gasteiger partial charge in [-0.15, -0.1) is 0 Å². The van der Waals surface area contributed by atoms with Crippen LogP contribution in [0.15, 0.2) is 24.3 Å². The van der Waals surface area contributed by atoms with Crippen LogP contribution in [0.25, 0.3) is 0 Å². The lowest BCUT2D eigenvalue weighted by atomic mass is 10.0. The van der Waals surface area contributed by atoms with Gasteiger partial charge in [0.2, 0.25) is 5.95 Å². The smallest absolute Gasteiger partial charge is 0.222 e. The molecule has 0 unspecified atom stereocenters. The second-order valence-electron chi connectivity index (χ2n) is 6.24. The zero-order valence-electron chi connectivity index (χ0n) is 15.6. The maximum absolute atomic E-state index is 5.98. The summed E-state index contributed by atoms with van der Waals surface area (Å²) in [6.45, 7) is 4.95. The van der Waals surface area contributed by atoms with Gasteiger partial charge in [-0.25, -0.2) is 4.98 Å². The van der Waals surface area contributed by atoms with Crippen LogP contribution in [0.4, 0.5) is 11.8 Å². The first-order valence-corrected chi connectivity index (χ1v) is 8.83. The molecule has 1 aromatic carbocycles. The predicted octanol–water partition coefficient (Wildman–Crippen LogP) is 2.61. The first-order valence-electron chi connectivity index (χ1n) is 8.83. The molecule has 0 aliphatic carbocycles. The molecule has 1 fully saturated rings. The summed E-state index contributed by atoms with van der Waals surface area (Å²) in [6, 6.07) is 7.89. The van der Waals surface area contributed by atoms with Gasteiger partial charge in [0.1, 0.15) is 5.82 Å². The van der Waals surface area contributed by atoms with Crippen LogP contribution in [0, 0.1) is 0 Å². The molecule has 0 radical (unpaired) electrons. The molecule has 2 heterocycles. The number of hydrogen-bond acceptors (Lipinski definition) is 7. The molecule has 140 valence electrons. The van der Waals surface area contributed by atoms with Crippen molar-refractivity contribution >= 4 is 11.8 Å². The summed E-state index contributed by atoms with van der Waals surface area (Å²) in [5.41, 5.74) is 7.95. The molecule has 3 rings (SSSR count). The highest BCUT2D eigenvalue weighted by atomic mass is 16.5. The van der Waals surface area contributed by atoms with E-state index < -0.39 is 0 Å². The first kappa shape index (κ1) is 18.3. The van der Waals surface area contributed by atoms with Crippen LogP contribution < -0.4 is 20.1 Å². The fourth-order valence-electron chi connectivity index (χ4n) is 3.25. The molecule has 1 atom stereocenters. The molecular formula is C19H26N4O3. The van der Waals surface area contributed by atoms with Crippen molar-refractivity contribution in [2.75, 3.05) is 44.6 Å². The van der Waals surface area contributed by atoms with Crippen molar-refractivity contribution in [3.8, 4) is 11.5 Å². The normalized spacial score (nSPS) is 16.5. The minimum Gasteiger partial charge on any atom is -0.493 e. The fourth-order valence-corrected chi connectivity index (χ4v) is 3.25. The highest BCUT2D eigenvalue weighted by molar-refractivity contribution is 5.50. The van der Waals surface area contributed by atoms with Gasteiger partial charge in [-0.05, 0) is 19.4 Å². The molecular weight excluding hydrogens is 332 g/mol. The third-order valence-electron chi connectivity index (χ3n) is 4.65. The zero-order valence-corrected chi connectivity index (χ0v) is 15.6. The van der Waals surface area contributed by atoms with Crippen LogP contribution >= 0.6 is 0 Å². The summed E-state index contributed by atoms with van der Waals surface area (Å²) >= 11 is 0. The van der Waals surface area contributed by atoms with Crippen molar-refractivity contribution in [3.05, 3.63) is 35.5 Å². The Kier molecular flexibility index (Phi) is 5.78. The number of para-hydroxylation sites is 1. The summed E-state index contributed by atoms with van der Waals surface area (Å²) in [6.07, 6.45) is 0.964. The van der Waals surface area contributed by atoms with E-state index in [1.807, 2.05) is 24.3 Å². The van der Waals surface area contributed by atoms with Gasteiger partial charge in [-0.2, -0.15) is 4.98 Å². The Morgan fingerprint density at radius 1 is 1.27 bits per heavy atom. The van der Waals surface area contributed by atoms with Gasteiger partial charge in [0.05, 0.1) is 26.5 Å². The van der Waals surface area contributed by atoms with Crippen LogP contribution in [0.3, 0.4) is 0 Å². The van der Waals surface area contributed by atoms with Crippen molar-refractivity contribution in [1.82, 2.24) is 9.97 Å². The Balaban J connectivity index is 1.90. The van der Waals surface area contributed by atoms with Crippen molar-refractivity contribution in [2.45, 2.75) is 25.8 Å². The topological polar surface area (TPSA) is 82.7 Å². The highest BCUT2D eigenvalue weighted by Crippen LogP contribution is 2.33. The number of hydrogen-bond donors (Lipinski definition) is 1. The van der Waals surface area contributed by atoms with Crippen molar-refractivity contribution in [3.63, 3.8) is 0 Å². The van der Waals surface area contributed by atoms with Crippen molar-refractivity contribution < 1.29 is 14.2 Å². The minimum absolute atomic E-state index is 0.282. The molecule has 0 saturated carbocycles. The molecule has 0 amide bonds. The van der Waals surface area contributed by atoms with E-state index >= 15 is 0 Å². The quantitative estimate of drug-likeness (QED) is 0.814. The van der Waals surface area contributed by atoms with E-state index in [4.69, 9.17) is 19.9 Å². The zero-order chi connectivity index (χ0) is 18.5. The van der Waals surface area contributed by atoms with Crippen LogP contribution in [-0.2, 0) is 11.3 Å². The summed E-state index contributed by atoms with van der Waals surface area (Å²) in [5, 5.41) is 0. The largest absolute Gasteiger partial charge is 0.493 e. The molecule has 1 aromatic heterocycles. The van der Waals surface area contributed by atoms with E-state index in [-0.39, 0.29) is 5.92 Å². The Morgan fingerprint density at radius 3 is 2.77 bits per heavy atom. The second-order valence-corrected chi connectivity index (χ2v) is 6.24. The SMILES string of the molecule is CCN(Cc1cccc(OC)c1OC)c1cc([C@@H]2CCOC2)nc(N)n1. The minimum atomic E-state index is 0.282. The Labute approximate surface area is 154 Å². The van der Waals surface area contributed by atoms with Gasteiger partial charge in [-0.3, -0.25) is 0 Å². The van der Waals surface area contributed by atoms with E-state index in [9.17, 15) is 0 Å². The van der Waals surface area contributed by atoms with E-state index in [2.05, 4.69) is 21.8 Å². The van der Waals surface area contributed by atoms with Gasteiger partial charge in [-0.1, -0.05) is 12.1 Å². The van der Waals surface area contributed by atoms with E-state index in [1.54, 1.807) is 14.2 Å². The van der Waals surface area contributed by atoms with E-state index in [1.165, 1.54) is 0 Å². The number of nitrogens with two attached hydrogens (primary N) is 1. The fraction of sp³-hybridized carbons (Fsp3) is 0.474. The molecule has 0 spiro atoms. The van der Waals surface area contributed by atoms with Crippen LogP contribution in [0.5, 0.6) is 11.5 Å². The lowest BCUT2D eigenvalue weighted by Gasteiger charge is -2.24. The molecule has 1 saturated heterocycles. The van der Waals surface area contributed by atoms with Crippen LogP contribution in [0.2, 0.25) is 0 Å². The molecule has 0 bridgehead atoms. The molecule has 7 nitrogen and oxygen atoms in total. The molecule has 2 aromatic rings. The van der Waals surface area contributed by atoms with Gasteiger partial charge >= 0.3 is 0 Å². The van der Waals surface area contributed by atoms with Gasteiger partial charge in [0.15, 0.2) is 11.5 Å². The lowest BCUT2D eigenvalue weighted by molar-refractivity contribution is 0.193. The number of nitrogens with zero attached hydrogens (tertiary/aromatic N) is 3. The lowest BCUT2D eigenvalue weighted by Crippen LogP contribution is -2.24. The predicted molar refractivity (Wildman–Crippen MR) is 101 cm³/mol. The monoisotopic (exact) mass is 358 g/mol. The number of ether oxygens (including phenoxy) is 3. The van der Waals surface area contributed by atoms with Crippen LogP contribution in [0.1, 0.15) is 30.5 Å². The summed E-state index contributed by atoms with van der Waals surface area (Å²) in [4.78, 5) is 11.0. The summed E-state index contributed by atoms with van der Waals surface area (Å²) in [5.74, 6) is 2.84. The molecule has 1 aliphatic rings. The maximum Gasteiger partial charge on any atom is 0.222 e. The van der Waals surface area contributed by atoms with Gasteiger partial charge < -0.3 is 24.8 Å². The number of aromatic nitrogens is 2. The second kappa shape index (κ2) is 8.23. The third-order valence-corrected chi connectivity index (χ3v) is 4.65. The Hall–Kier alpha value is -2.54. The number of methoxy groups -OCH3 is 2. The van der Waals surface area contributed by atoms with Gasteiger partial charge in [0, 0.05) is 37.2 Å². The van der Waals surface area contributed by atoms with Crippen LogP contribution in [-0.4, -0.2) is 43.9 Å². The van der Waals surface area contributed by atoms with E-state index in [0.717, 1.165) is 42.4 Å². The summed E-state index contributed by atoms with van der Waals surface area (Å²) in [7, 11) is 3.29. The number of rotatable bonds is 7. The number of anilines is 2. The average Bonchev–Trinajstić information content (AvgIpc) is 3.20. The van der Waals surface area contributed by atoms with E-state index in [0.29, 0.717) is 24.8 Å². The summed E-state index contributed by atoms with van der Waals surface area (Å²) < 4.78 is 16.4. The van der Waals surface area contributed by atoms with Crippen molar-refractivity contribution in [1.29, 1.82) is 0 Å². The van der Waals surface area contributed by atoms with Gasteiger partial charge in [0.25, 0.3) is 0 Å². The Morgan fingerprint density at radius 2 is 2.12 bits per heavy atom.